The minimum Gasteiger partial charge on any atom is -0.397 e. The van der Waals surface area contributed by atoms with E-state index in [0.717, 1.165) is 11.3 Å². The van der Waals surface area contributed by atoms with Gasteiger partial charge in [0.25, 0.3) is 10.0 Å². The molecule has 0 saturated heterocycles. The van der Waals surface area contributed by atoms with E-state index < -0.39 is 10.0 Å². The van der Waals surface area contributed by atoms with Crippen molar-refractivity contribution in [2.24, 2.45) is 0 Å². The maximum atomic E-state index is 12.1. The molecule has 4 nitrogen and oxygen atoms in total. The van der Waals surface area contributed by atoms with Gasteiger partial charge in [-0.1, -0.05) is 11.6 Å². The van der Waals surface area contributed by atoms with Gasteiger partial charge in [0.2, 0.25) is 0 Å². The smallest absolute Gasteiger partial charge is 0.272 e. The third-order valence-corrected chi connectivity index (χ3v) is 6.47. The van der Waals surface area contributed by atoms with Crippen LogP contribution in [0.5, 0.6) is 0 Å². The molecule has 0 aliphatic heterocycles. The third kappa shape index (κ3) is 2.80. The molecule has 1 aromatic carbocycles. The Bertz CT molecular complexity index is 685. The van der Waals surface area contributed by atoms with Crippen LogP contribution in [-0.2, 0) is 10.0 Å². The molecule has 1 aromatic heterocycles. The summed E-state index contributed by atoms with van der Waals surface area (Å²) in [5.41, 5.74) is 6.31. The van der Waals surface area contributed by atoms with Crippen LogP contribution in [0, 0.1) is 0 Å². The van der Waals surface area contributed by atoms with Crippen LogP contribution in [0.4, 0.5) is 11.4 Å². The Balaban J connectivity index is 2.34. The molecule has 0 unspecified atom stereocenters. The standard InChI is InChI=1S/C10H8BrClN2O2S2/c11-7-3-4-17-10(7)18(15,16)14-6-1-2-8(12)9(13)5-6/h1-5,14H,13H2. The van der Waals surface area contributed by atoms with Crippen molar-refractivity contribution in [1.29, 1.82) is 0 Å². The predicted molar refractivity (Wildman–Crippen MR) is 78.7 cm³/mol. The molecule has 1 heterocycles. The molecule has 8 heteroatoms. The first-order valence-corrected chi connectivity index (χ1v) is 8.24. The average molecular weight is 368 g/mol. The molecule has 0 amide bonds. The Morgan fingerprint density at radius 3 is 2.61 bits per heavy atom. The summed E-state index contributed by atoms with van der Waals surface area (Å²) in [6, 6.07) is 6.24. The second-order valence-electron chi connectivity index (χ2n) is 3.40. The van der Waals surface area contributed by atoms with Crippen molar-refractivity contribution in [3.05, 3.63) is 39.1 Å². The van der Waals surface area contributed by atoms with E-state index in [0.29, 0.717) is 20.9 Å². The molecular weight excluding hydrogens is 360 g/mol. The number of hydrogen-bond acceptors (Lipinski definition) is 4. The van der Waals surface area contributed by atoms with Crippen LogP contribution in [0.2, 0.25) is 5.02 Å². The summed E-state index contributed by atoms with van der Waals surface area (Å²) >= 11 is 10.1. The first-order valence-electron chi connectivity index (χ1n) is 4.71. The minimum absolute atomic E-state index is 0.219. The normalized spacial score (nSPS) is 11.4. The molecule has 0 atom stereocenters. The summed E-state index contributed by atoms with van der Waals surface area (Å²) in [4.78, 5) is 0. The van der Waals surface area contributed by atoms with E-state index in [1.165, 1.54) is 12.1 Å². The highest BCUT2D eigenvalue weighted by atomic mass is 79.9. The molecule has 2 rings (SSSR count). The van der Waals surface area contributed by atoms with Gasteiger partial charge in [0, 0.05) is 4.47 Å². The summed E-state index contributed by atoms with van der Waals surface area (Å²) in [7, 11) is -3.61. The number of nitrogens with one attached hydrogen (secondary N) is 1. The maximum Gasteiger partial charge on any atom is 0.272 e. The van der Waals surface area contributed by atoms with Crippen molar-refractivity contribution in [3.8, 4) is 0 Å². The van der Waals surface area contributed by atoms with Crippen molar-refractivity contribution >= 4 is 60.3 Å². The van der Waals surface area contributed by atoms with Crippen LogP contribution < -0.4 is 10.5 Å². The maximum absolute atomic E-state index is 12.1. The Hall–Kier alpha value is -0.760. The number of anilines is 2. The second-order valence-corrected chi connectivity index (χ2v) is 7.45. The zero-order valence-corrected chi connectivity index (χ0v) is 12.8. The molecule has 96 valence electrons. The van der Waals surface area contributed by atoms with E-state index in [2.05, 4.69) is 20.7 Å². The SMILES string of the molecule is Nc1cc(NS(=O)(=O)c2sccc2Br)ccc1Cl. The number of sulfonamides is 1. The van der Waals surface area contributed by atoms with Crippen LogP contribution in [-0.4, -0.2) is 8.42 Å². The fraction of sp³-hybridized carbons (Fsp3) is 0. The lowest BCUT2D eigenvalue weighted by Gasteiger charge is -2.08. The number of benzene rings is 1. The number of hydrogen-bond donors (Lipinski definition) is 2. The van der Waals surface area contributed by atoms with E-state index in [-0.39, 0.29) is 4.21 Å². The van der Waals surface area contributed by atoms with Gasteiger partial charge in [-0.15, -0.1) is 11.3 Å². The van der Waals surface area contributed by atoms with Gasteiger partial charge in [-0.2, -0.15) is 0 Å². The van der Waals surface area contributed by atoms with Gasteiger partial charge in [0.1, 0.15) is 0 Å². The van der Waals surface area contributed by atoms with E-state index >= 15 is 0 Å². The highest BCUT2D eigenvalue weighted by Gasteiger charge is 2.19. The largest absolute Gasteiger partial charge is 0.397 e. The van der Waals surface area contributed by atoms with E-state index in [1.807, 2.05) is 0 Å². The van der Waals surface area contributed by atoms with Crippen LogP contribution in [0.1, 0.15) is 0 Å². The van der Waals surface area contributed by atoms with Crippen molar-refractivity contribution in [2.45, 2.75) is 4.21 Å². The Kier molecular flexibility index (Phi) is 3.86. The molecule has 0 aliphatic carbocycles. The van der Waals surface area contributed by atoms with Gasteiger partial charge >= 0.3 is 0 Å². The highest BCUT2D eigenvalue weighted by Crippen LogP contribution is 2.30. The molecule has 0 radical (unpaired) electrons. The quantitative estimate of drug-likeness (QED) is 0.815. The average Bonchev–Trinajstić information content (AvgIpc) is 2.70. The van der Waals surface area contributed by atoms with Crippen LogP contribution in [0.15, 0.2) is 38.3 Å². The summed E-state index contributed by atoms with van der Waals surface area (Å²) in [5.74, 6) is 0. The number of halogens is 2. The predicted octanol–water partition coefficient (Wildman–Crippen LogP) is 3.55. The van der Waals surface area contributed by atoms with Crippen LogP contribution >= 0.6 is 38.9 Å². The fourth-order valence-corrected chi connectivity index (χ4v) is 4.79. The summed E-state index contributed by atoms with van der Waals surface area (Å²) < 4.78 is 27.3. The molecular formula is C10H8BrClN2O2S2. The Morgan fingerprint density at radius 1 is 1.33 bits per heavy atom. The lowest BCUT2D eigenvalue weighted by Crippen LogP contribution is -2.12. The van der Waals surface area contributed by atoms with Gasteiger partial charge in [-0.05, 0) is 45.6 Å². The van der Waals surface area contributed by atoms with Crippen LogP contribution in [0.25, 0.3) is 0 Å². The Morgan fingerprint density at radius 2 is 2.06 bits per heavy atom. The zero-order chi connectivity index (χ0) is 13.3. The van der Waals surface area contributed by atoms with Crippen molar-refractivity contribution in [1.82, 2.24) is 0 Å². The van der Waals surface area contributed by atoms with Gasteiger partial charge in [-0.25, -0.2) is 8.42 Å². The number of nitrogen functional groups attached to an aromatic ring is 1. The number of rotatable bonds is 3. The zero-order valence-electron chi connectivity index (χ0n) is 8.85. The second kappa shape index (κ2) is 5.08. The van der Waals surface area contributed by atoms with Gasteiger partial charge in [0.15, 0.2) is 4.21 Å². The van der Waals surface area contributed by atoms with E-state index in [9.17, 15) is 8.42 Å². The number of thiophene rings is 1. The Labute approximate surface area is 122 Å². The fourth-order valence-electron chi connectivity index (χ4n) is 1.28. The summed E-state index contributed by atoms with van der Waals surface area (Å²) in [6.45, 7) is 0. The van der Waals surface area contributed by atoms with Gasteiger partial charge in [-0.3, -0.25) is 4.72 Å². The lowest BCUT2D eigenvalue weighted by atomic mass is 10.3. The van der Waals surface area contributed by atoms with E-state index in [1.54, 1.807) is 17.5 Å². The summed E-state index contributed by atoms with van der Waals surface area (Å²) in [5, 5.41) is 2.07. The van der Waals surface area contributed by atoms with Crippen molar-refractivity contribution in [2.75, 3.05) is 10.5 Å². The topological polar surface area (TPSA) is 72.2 Å². The van der Waals surface area contributed by atoms with Crippen LogP contribution in [0.3, 0.4) is 0 Å². The molecule has 0 fully saturated rings. The molecule has 0 aliphatic rings. The molecule has 3 N–H and O–H groups in total. The molecule has 0 saturated carbocycles. The first kappa shape index (κ1) is 13.7. The first-order chi connectivity index (χ1) is 8.40. The van der Waals surface area contributed by atoms with Gasteiger partial charge < -0.3 is 5.73 Å². The third-order valence-electron chi connectivity index (χ3n) is 2.08. The van der Waals surface area contributed by atoms with Crippen molar-refractivity contribution in [3.63, 3.8) is 0 Å². The minimum atomic E-state index is -3.61. The molecule has 0 bridgehead atoms. The van der Waals surface area contributed by atoms with E-state index in [4.69, 9.17) is 17.3 Å². The lowest BCUT2D eigenvalue weighted by molar-refractivity contribution is 0.603. The van der Waals surface area contributed by atoms with Gasteiger partial charge in [0.05, 0.1) is 16.4 Å². The summed E-state index contributed by atoms with van der Waals surface area (Å²) in [6.07, 6.45) is 0. The molecule has 18 heavy (non-hydrogen) atoms. The monoisotopic (exact) mass is 366 g/mol. The molecule has 2 aromatic rings. The number of nitrogens with two attached hydrogens (primary N) is 1. The highest BCUT2D eigenvalue weighted by molar-refractivity contribution is 9.10. The molecule has 0 spiro atoms. The van der Waals surface area contributed by atoms with Crippen molar-refractivity contribution < 1.29 is 8.42 Å².